The molecule has 41 heavy (non-hydrogen) atoms. The van der Waals surface area contributed by atoms with Gasteiger partial charge in [-0.25, -0.2) is 4.39 Å². The Morgan fingerprint density at radius 2 is 1.83 bits per heavy atom. The first-order chi connectivity index (χ1) is 19.4. The summed E-state index contributed by atoms with van der Waals surface area (Å²) < 4.78 is 14.0. The molecule has 3 rings (SSSR count). The Morgan fingerprint density at radius 3 is 2.41 bits per heavy atom. The van der Waals surface area contributed by atoms with Crippen LogP contribution >= 0.6 is 0 Å². The Hall–Kier alpha value is -4.34. The van der Waals surface area contributed by atoms with Gasteiger partial charge in [0.05, 0.1) is 18.6 Å². The van der Waals surface area contributed by atoms with Crippen LogP contribution < -0.4 is 16.4 Å². The second-order valence-electron chi connectivity index (χ2n) is 10.3. The lowest BCUT2D eigenvalue weighted by molar-refractivity contribution is -0.134. The summed E-state index contributed by atoms with van der Waals surface area (Å²) in [5, 5.41) is 13.2. The highest BCUT2D eigenvalue weighted by atomic mass is 19.1. The molecule has 1 fully saturated rings. The highest BCUT2D eigenvalue weighted by molar-refractivity contribution is 5.97. The predicted molar refractivity (Wildman–Crippen MR) is 157 cm³/mol. The van der Waals surface area contributed by atoms with Gasteiger partial charge in [0, 0.05) is 24.2 Å². The number of halogens is 1. The average molecular weight is 566 g/mol. The molecule has 0 bridgehead atoms. The lowest BCUT2D eigenvalue weighted by atomic mass is 9.98. The standard InChI is InChI=1S/C30H37FN4O3.CH3NO/c1-18(13-20(3)32)14-23-9-10-25(15-19(23)2)30(38)33-17-29(37)35-27(21(4)34-22(5)36)11-12-28(35)24-7-6-8-26(31)16-24;2-1-3/h6-10,13,15-16,21,27-28,32H,11-12,14,17H2,1-5H3,(H,33,38)(H,34,36);1H,(H2,2,3)/b18-13+,32-20?;/t21-,27?,28?;/m0./s1. The molecule has 1 heterocycles. The number of nitrogens with two attached hydrogens (primary N) is 1. The van der Waals surface area contributed by atoms with Crippen LogP contribution in [-0.2, 0) is 20.8 Å². The van der Waals surface area contributed by atoms with Crippen molar-refractivity contribution in [2.24, 2.45) is 5.73 Å². The number of aryl methyl sites for hydroxylation is 1. The molecule has 2 unspecified atom stereocenters. The van der Waals surface area contributed by atoms with Gasteiger partial charge in [-0.2, -0.15) is 0 Å². The van der Waals surface area contributed by atoms with Gasteiger partial charge in [-0.1, -0.05) is 23.8 Å². The molecule has 0 aromatic heterocycles. The van der Waals surface area contributed by atoms with E-state index in [1.54, 1.807) is 36.1 Å². The molecule has 10 heteroatoms. The number of hydrogen-bond donors (Lipinski definition) is 4. The maximum absolute atomic E-state index is 14.0. The van der Waals surface area contributed by atoms with Crippen molar-refractivity contribution in [3.63, 3.8) is 0 Å². The molecule has 0 saturated carbocycles. The number of benzene rings is 2. The SMILES string of the molecule is CC(=N)/C=C(\C)Cc1ccc(C(=O)NCC(=O)N2C(c3cccc(F)c3)CCC2[C@H](C)NC(C)=O)cc1C.NC=O. The zero-order valence-corrected chi connectivity index (χ0v) is 24.3. The summed E-state index contributed by atoms with van der Waals surface area (Å²) in [6.45, 7) is 8.71. The van der Waals surface area contributed by atoms with Crippen molar-refractivity contribution in [1.29, 1.82) is 5.41 Å². The van der Waals surface area contributed by atoms with Crippen LogP contribution in [0.3, 0.4) is 0 Å². The van der Waals surface area contributed by atoms with Crippen LogP contribution in [0.25, 0.3) is 0 Å². The van der Waals surface area contributed by atoms with Crippen LogP contribution in [0, 0.1) is 18.2 Å². The van der Waals surface area contributed by atoms with Crippen molar-refractivity contribution >= 4 is 29.8 Å². The van der Waals surface area contributed by atoms with Gasteiger partial charge < -0.3 is 26.7 Å². The van der Waals surface area contributed by atoms with Gasteiger partial charge in [0.25, 0.3) is 5.91 Å². The van der Waals surface area contributed by atoms with Crippen LogP contribution in [0.5, 0.6) is 0 Å². The molecule has 2 aromatic rings. The normalized spacial score (nSPS) is 17.1. The van der Waals surface area contributed by atoms with Gasteiger partial charge in [-0.3, -0.25) is 19.2 Å². The summed E-state index contributed by atoms with van der Waals surface area (Å²) in [6, 6.07) is 10.7. The monoisotopic (exact) mass is 565 g/mol. The van der Waals surface area contributed by atoms with Crippen LogP contribution in [0.4, 0.5) is 4.39 Å². The fraction of sp³-hybridized carbons (Fsp3) is 0.387. The van der Waals surface area contributed by atoms with Crippen molar-refractivity contribution in [3.05, 3.63) is 82.2 Å². The number of nitrogens with zero attached hydrogens (tertiary/aromatic N) is 1. The highest BCUT2D eigenvalue weighted by Gasteiger charge is 2.40. The zero-order valence-electron chi connectivity index (χ0n) is 24.3. The fourth-order valence-corrected chi connectivity index (χ4v) is 5.25. The van der Waals surface area contributed by atoms with E-state index in [0.717, 1.165) is 16.7 Å². The van der Waals surface area contributed by atoms with E-state index in [1.165, 1.54) is 19.1 Å². The minimum absolute atomic E-state index is 0.190. The molecule has 2 aromatic carbocycles. The van der Waals surface area contributed by atoms with Crippen molar-refractivity contribution in [1.82, 2.24) is 15.5 Å². The van der Waals surface area contributed by atoms with Gasteiger partial charge in [-0.05, 0) is 94.0 Å². The first-order valence-electron chi connectivity index (χ1n) is 13.5. The summed E-state index contributed by atoms with van der Waals surface area (Å²) in [6.07, 6.45) is 4.03. The minimum Gasteiger partial charge on any atom is -0.372 e. The number of amides is 4. The lowest BCUT2D eigenvalue weighted by Crippen LogP contribution is -2.51. The largest absolute Gasteiger partial charge is 0.372 e. The molecule has 4 amide bonds. The zero-order chi connectivity index (χ0) is 30.7. The van der Waals surface area contributed by atoms with E-state index >= 15 is 0 Å². The van der Waals surface area contributed by atoms with Crippen LogP contribution in [0.2, 0.25) is 0 Å². The Bertz CT molecular complexity index is 1310. The molecule has 5 N–H and O–H groups in total. The molecule has 1 saturated heterocycles. The third-order valence-corrected chi connectivity index (χ3v) is 6.90. The molecule has 1 aliphatic rings. The van der Waals surface area contributed by atoms with Crippen molar-refractivity contribution in [2.75, 3.05) is 6.54 Å². The molecular formula is C31H40FN5O4. The number of allylic oxidation sites excluding steroid dienone is 2. The Balaban J connectivity index is 0.00000187. The Kier molecular flexibility index (Phi) is 12.4. The fourth-order valence-electron chi connectivity index (χ4n) is 5.25. The number of likely N-dealkylation sites (tertiary alicyclic amines) is 1. The van der Waals surface area contributed by atoms with E-state index in [2.05, 4.69) is 16.4 Å². The summed E-state index contributed by atoms with van der Waals surface area (Å²) in [5.74, 6) is -1.21. The number of rotatable bonds is 9. The number of primary amides is 1. The Morgan fingerprint density at radius 1 is 1.15 bits per heavy atom. The van der Waals surface area contributed by atoms with Crippen LogP contribution in [0.1, 0.15) is 73.6 Å². The quantitative estimate of drug-likeness (QED) is 0.271. The summed E-state index contributed by atoms with van der Waals surface area (Å²) in [7, 11) is 0. The molecule has 3 atom stereocenters. The molecule has 0 spiro atoms. The van der Waals surface area contributed by atoms with E-state index < -0.39 is 0 Å². The summed E-state index contributed by atoms with van der Waals surface area (Å²) in [4.78, 5) is 48.3. The molecular weight excluding hydrogens is 525 g/mol. The van der Waals surface area contributed by atoms with E-state index in [9.17, 15) is 18.8 Å². The lowest BCUT2D eigenvalue weighted by Gasteiger charge is -2.34. The topological polar surface area (TPSA) is 145 Å². The highest BCUT2D eigenvalue weighted by Crippen LogP contribution is 2.37. The second kappa shape index (κ2) is 15.4. The molecule has 0 aliphatic carbocycles. The maximum atomic E-state index is 14.0. The third-order valence-electron chi connectivity index (χ3n) is 6.90. The smallest absolute Gasteiger partial charge is 0.251 e. The number of nitrogens with one attached hydrogen (secondary N) is 3. The molecule has 220 valence electrons. The molecule has 1 aliphatic heterocycles. The summed E-state index contributed by atoms with van der Waals surface area (Å²) in [5.41, 5.74) is 8.88. The van der Waals surface area contributed by atoms with Crippen molar-refractivity contribution in [2.45, 2.75) is 72.0 Å². The summed E-state index contributed by atoms with van der Waals surface area (Å²) >= 11 is 0. The van der Waals surface area contributed by atoms with Crippen LogP contribution in [0.15, 0.2) is 54.1 Å². The average Bonchev–Trinajstić information content (AvgIpc) is 3.33. The maximum Gasteiger partial charge on any atom is 0.251 e. The van der Waals surface area contributed by atoms with E-state index in [0.29, 0.717) is 36.1 Å². The molecule has 9 nitrogen and oxygen atoms in total. The Labute approximate surface area is 240 Å². The number of carbonyl (C=O) groups is 4. The third kappa shape index (κ3) is 9.66. The molecule has 0 radical (unpaired) electrons. The van der Waals surface area contributed by atoms with Gasteiger partial charge in [0.15, 0.2) is 0 Å². The number of carbonyl (C=O) groups excluding carboxylic acids is 4. The predicted octanol–water partition coefficient (Wildman–Crippen LogP) is 3.75. The second-order valence-corrected chi connectivity index (χ2v) is 10.3. The van der Waals surface area contributed by atoms with Gasteiger partial charge in [-0.15, -0.1) is 0 Å². The van der Waals surface area contributed by atoms with Gasteiger partial charge in [0.2, 0.25) is 18.2 Å². The van der Waals surface area contributed by atoms with Crippen LogP contribution in [-0.4, -0.2) is 53.4 Å². The first-order valence-corrected chi connectivity index (χ1v) is 13.5. The first kappa shape index (κ1) is 32.9. The van der Waals surface area contributed by atoms with E-state index in [4.69, 9.17) is 10.2 Å². The van der Waals surface area contributed by atoms with E-state index in [1.807, 2.05) is 32.9 Å². The minimum atomic E-state index is -0.376. The van der Waals surface area contributed by atoms with Crippen molar-refractivity contribution < 1.29 is 23.6 Å². The number of hydrogen-bond acceptors (Lipinski definition) is 5. The van der Waals surface area contributed by atoms with Crippen molar-refractivity contribution in [3.8, 4) is 0 Å². The van der Waals surface area contributed by atoms with Gasteiger partial charge >= 0.3 is 0 Å². The van der Waals surface area contributed by atoms with E-state index in [-0.39, 0.29) is 54.6 Å². The van der Waals surface area contributed by atoms with Gasteiger partial charge in [0.1, 0.15) is 5.82 Å².